The molecule has 0 spiro atoms. The standard InChI is InChI=1S/C15H20N2/c1-4-13(11(2)3)17-14-9-5-7-12-8-6-10-16-15(12)14/h1,6,8,10-11,13-14,17H,5,7,9H2,2-3H3. The molecule has 0 bridgehead atoms. The molecular formula is C15H20N2. The van der Waals surface area contributed by atoms with Crippen molar-refractivity contribution in [2.75, 3.05) is 0 Å². The van der Waals surface area contributed by atoms with Crippen molar-refractivity contribution < 1.29 is 0 Å². The van der Waals surface area contributed by atoms with Crippen LogP contribution in [0.1, 0.15) is 44.0 Å². The number of rotatable bonds is 3. The zero-order chi connectivity index (χ0) is 12.3. The van der Waals surface area contributed by atoms with Gasteiger partial charge in [-0.2, -0.15) is 0 Å². The predicted octanol–water partition coefficient (Wildman–Crippen LogP) is 2.71. The van der Waals surface area contributed by atoms with Crippen LogP contribution in [0, 0.1) is 18.3 Å². The molecule has 1 N–H and O–H groups in total. The van der Waals surface area contributed by atoms with Crippen LogP contribution in [0.2, 0.25) is 0 Å². The molecular weight excluding hydrogens is 208 g/mol. The molecule has 0 saturated carbocycles. The Morgan fingerprint density at radius 1 is 1.53 bits per heavy atom. The first kappa shape index (κ1) is 12.1. The average Bonchev–Trinajstić information content (AvgIpc) is 2.35. The van der Waals surface area contributed by atoms with Crippen molar-refractivity contribution in [2.45, 2.75) is 45.2 Å². The SMILES string of the molecule is C#CC(NC1CCCc2cccnc21)C(C)C. The van der Waals surface area contributed by atoms with Gasteiger partial charge in [0.05, 0.1) is 17.8 Å². The van der Waals surface area contributed by atoms with Gasteiger partial charge in [0.2, 0.25) is 0 Å². The third-order valence-corrected chi connectivity index (χ3v) is 3.42. The van der Waals surface area contributed by atoms with Gasteiger partial charge in [0.25, 0.3) is 0 Å². The van der Waals surface area contributed by atoms with Gasteiger partial charge >= 0.3 is 0 Å². The first-order chi connectivity index (χ1) is 8.22. The Morgan fingerprint density at radius 2 is 2.35 bits per heavy atom. The van der Waals surface area contributed by atoms with Crippen molar-refractivity contribution in [3.8, 4) is 12.3 Å². The highest BCUT2D eigenvalue weighted by molar-refractivity contribution is 5.26. The Hall–Kier alpha value is -1.33. The van der Waals surface area contributed by atoms with Crippen molar-refractivity contribution >= 4 is 0 Å². The highest BCUT2D eigenvalue weighted by atomic mass is 15.0. The molecule has 1 aliphatic carbocycles. The zero-order valence-corrected chi connectivity index (χ0v) is 10.6. The third-order valence-electron chi connectivity index (χ3n) is 3.42. The molecule has 2 atom stereocenters. The van der Waals surface area contributed by atoms with E-state index in [-0.39, 0.29) is 6.04 Å². The maximum atomic E-state index is 5.58. The summed E-state index contributed by atoms with van der Waals surface area (Å²) in [6.07, 6.45) is 10.9. The number of hydrogen-bond donors (Lipinski definition) is 1. The molecule has 1 aromatic rings. The van der Waals surface area contributed by atoms with E-state index in [1.165, 1.54) is 17.7 Å². The lowest BCUT2D eigenvalue weighted by atomic mass is 9.90. The van der Waals surface area contributed by atoms with Crippen molar-refractivity contribution in [3.05, 3.63) is 29.6 Å². The number of hydrogen-bond acceptors (Lipinski definition) is 2. The molecule has 2 rings (SSSR count). The van der Waals surface area contributed by atoms with Crippen LogP contribution in [0.5, 0.6) is 0 Å². The maximum absolute atomic E-state index is 5.58. The summed E-state index contributed by atoms with van der Waals surface area (Å²) >= 11 is 0. The monoisotopic (exact) mass is 228 g/mol. The second-order valence-electron chi connectivity index (χ2n) is 5.05. The molecule has 0 aliphatic heterocycles. The molecule has 0 saturated heterocycles. The molecule has 0 fully saturated rings. The van der Waals surface area contributed by atoms with Gasteiger partial charge in [0.15, 0.2) is 0 Å². The predicted molar refractivity (Wildman–Crippen MR) is 70.5 cm³/mol. The lowest BCUT2D eigenvalue weighted by Gasteiger charge is -2.29. The van der Waals surface area contributed by atoms with Crippen LogP contribution >= 0.6 is 0 Å². The molecule has 0 aromatic carbocycles. The minimum Gasteiger partial charge on any atom is -0.295 e. The van der Waals surface area contributed by atoms with Crippen molar-refractivity contribution in [1.82, 2.24) is 10.3 Å². The molecule has 17 heavy (non-hydrogen) atoms. The van der Waals surface area contributed by atoms with E-state index in [0.29, 0.717) is 12.0 Å². The van der Waals surface area contributed by atoms with E-state index >= 15 is 0 Å². The van der Waals surface area contributed by atoms with E-state index in [9.17, 15) is 0 Å². The number of aryl methyl sites for hydroxylation is 1. The number of aromatic nitrogens is 1. The highest BCUT2D eigenvalue weighted by Gasteiger charge is 2.24. The number of nitrogens with zero attached hydrogens (tertiary/aromatic N) is 1. The quantitative estimate of drug-likeness (QED) is 0.805. The van der Waals surface area contributed by atoms with E-state index < -0.39 is 0 Å². The third kappa shape index (κ3) is 2.68. The lowest BCUT2D eigenvalue weighted by Crippen LogP contribution is -2.37. The Balaban J connectivity index is 2.16. The number of terminal acetylenes is 1. The first-order valence-corrected chi connectivity index (χ1v) is 6.38. The smallest absolute Gasteiger partial charge is 0.0715 e. The Labute approximate surface area is 104 Å². The van der Waals surface area contributed by atoms with Gasteiger partial charge in [-0.1, -0.05) is 25.8 Å². The van der Waals surface area contributed by atoms with Crippen LogP contribution in [0.15, 0.2) is 18.3 Å². The van der Waals surface area contributed by atoms with Gasteiger partial charge < -0.3 is 0 Å². The van der Waals surface area contributed by atoms with Gasteiger partial charge in [-0.25, -0.2) is 0 Å². The normalized spacial score (nSPS) is 20.7. The second-order valence-corrected chi connectivity index (χ2v) is 5.05. The summed E-state index contributed by atoms with van der Waals surface area (Å²) in [5.74, 6) is 3.29. The van der Waals surface area contributed by atoms with Gasteiger partial charge in [-0.3, -0.25) is 10.3 Å². The Bertz CT molecular complexity index is 417. The molecule has 0 radical (unpaired) electrons. The Morgan fingerprint density at radius 3 is 3.06 bits per heavy atom. The van der Waals surface area contributed by atoms with Crippen molar-refractivity contribution in [3.63, 3.8) is 0 Å². The fraction of sp³-hybridized carbons (Fsp3) is 0.533. The number of nitrogens with one attached hydrogen (secondary N) is 1. The van der Waals surface area contributed by atoms with Crippen LogP contribution in [0.25, 0.3) is 0 Å². The molecule has 0 amide bonds. The Kier molecular flexibility index (Phi) is 3.81. The first-order valence-electron chi connectivity index (χ1n) is 6.38. The maximum Gasteiger partial charge on any atom is 0.0715 e. The number of pyridine rings is 1. The van der Waals surface area contributed by atoms with Gasteiger partial charge in [0, 0.05) is 6.20 Å². The van der Waals surface area contributed by atoms with E-state index in [1.807, 2.05) is 12.3 Å². The molecule has 2 unspecified atom stereocenters. The summed E-state index contributed by atoms with van der Waals surface area (Å²) in [5.41, 5.74) is 2.57. The largest absolute Gasteiger partial charge is 0.295 e. The van der Waals surface area contributed by atoms with Crippen LogP contribution in [-0.2, 0) is 6.42 Å². The summed E-state index contributed by atoms with van der Waals surface area (Å²) in [4.78, 5) is 4.52. The van der Waals surface area contributed by atoms with Gasteiger partial charge in [0.1, 0.15) is 0 Å². The van der Waals surface area contributed by atoms with Crippen molar-refractivity contribution in [1.29, 1.82) is 0 Å². The fourth-order valence-electron chi connectivity index (χ4n) is 2.42. The van der Waals surface area contributed by atoms with E-state index in [0.717, 1.165) is 12.8 Å². The molecule has 1 aliphatic rings. The lowest BCUT2D eigenvalue weighted by molar-refractivity contribution is 0.376. The summed E-state index contributed by atoms with van der Waals surface area (Å²) in [7, 11) is 0. The van der Waals surface area contributed by atoms with Crippen LogP contribution in [0.4, 0.5) is 0 Å². The number of fused-ring (bicyclic) bond motifs is 1. The molecule has 1 heterocycles. The molecule has 90 valence electrons. The van der Waals surface area contributed by atoms with E-state index in [2.05, 4.69) is 36.1 Å². The second kappa shape index (κ2) is 5.33. The van der Waals surface area contributed by atoms with Gasteiger partial charge in [-0.15, -0.1) is 6.42 Å². The van der Waals surface area contributed by atoms with Crippen LogP contribution < -0.4 is 5.32 Å². The summed E-state index contributed by atoms with van der Waals surface area (Å²) < 4.78 is 0. The average molecular weight is 228 g/mol. The van der Waals surface area contributed by atoms with Crippen molar-refractivity contribution in [2.24, 2.45) is 5.92 Å². The molecule has 1 aromatic heterocycles. The van der Waals surface area contributed by atoms with Crippen LogP contribution in [0.3, 0.4) is 0 Å². The molecule has 2 heteroatoms. The van der Waals surface area contributed by atoms with E-state index in [4.69, 9.17) is 6.42 Å². The van der Waals surface area contributed by atoms with Gasteiger partial charge in [-0.05, 0) is 36.8 Å². The zero-order valence-electron chi connectivity index (χ0n) is 10.6. The summed E-state index contributed by atoms with van der Waals surface area (Å²) in [6.45, 7) is 4.30. The molecule has 2 nitrogen and oxygen atoms in total. The minimum absolute atomic E-state index is 0.132. The van der Waals surface area contributed by atoms with E-state index in [1.54, 1.807) is 0 Å². The highest BCUT2D eigenvalue weighted by Crippen LogP contribution is 2.28. The summed E-state index contributed by atoms with van der Waals surface area (Å²) in [5, 5.41) is 3.56. The van der Waals surface area contributed by atoms with Crippen LogP contribution in [-0.4, -0.2) is 11.0 Å². The topological polar surface area (TPSA) is 24.9 Å². The summed E-state index contributed by atoms with van der Waals surface area (Å²) in [6, 6.07) is 4.65. The fourth-order valence-corrected chi connectivity index (χ4v) is 2.42. The minimum atomic E-state index is 0.132.